The first kappa shape index (κ1) is 28.1. The molecule has 0 radical (unpaired) electrons. The van der Waals surface area contributed by atoms with Gasteiger partial charge in [-0.3, -0.25) is 14.4 Å². The highest BCUT2D eigenvalue weighted by molar-refractivity contribution is 6.02. The molecule has 0 N–H and O–H groups in total. The van der Waals surface area contributed by atoms with Crippen LogP contribution in [-0.4, -0.2) is 82.8 Å². The lowest BCUT2D eigenvalue weighted by atomic mass is 9.78. The Hall–Kier alpha value is -3.95. The molecule has 2 aromatic carbocycles. The van der Waals surface area contributed by atoms with E-state index >= 15 is 0 Å². The summed E-state index contributed by atoms with van der Waals surface area (Å²) in [6, 6.07) is 8.13. The largest absolute Gasteiger partial charge is 0.493 e. The number of amides is 2. The molecule has 1 saturated heterocycles. The number of methoxy groups -OCH3 is 4. The molecule has 0 aromatic heterocycles. The third-order valence-electron chi connectivity index (χ3n) is 7.62. The zero-order valence-electron chi connectivity index (χ0n) is 23.3. The maximum atomic E-state index is 14.3. The zero-order chi connectivity index (χ0) is 28.3. The van der Waals surface area contributed by atoms with Gasteiger partial charge in [0.1, 0.15) is 0 Å². The van der Waals surface area contributed by atoms with E-state index in [0.29, 0.717) is 66.7 Å². The minimum atomic E-state index is -0.736. The van der Waals surface area contributed by atoms with E-state index in [1.807, 2.05) is 6.07 Å². The topological polar surface area (TPSA) is 104 Å². The first-order valence-corrected chi connectivity index (χ1v) is 13.0. The number of carbonyl (C=O) groups is 3. The van der Waals surface area contributed by atoms with Gasteiger partial charge in [0.15, 0.2) is 23.0 Å². The fourth-order valence-corrected chi connectivity index (χ4v) is 5.56. The van der Waals surface area contributed by atoms with Gasteiger partial charge < -0.3 is 33.5 Å². The summed E-state index contributed by atoms with van der Waals surface area (Å²) in [6.45, 7) is 2.94. The number of esters is 1. The molecule has 10 nitrogen and oxygen atoms in total. The molecule has 10 heteroatoms. The van der Waals surface area contributed by atoms with Crippen LogP contribution in [0.3, 0.4) is 0 Å². The number of rotatable bonds is 8. The second kappa shape index (κ2) is 11.8. The Bertz CT molecular complexity index is 1240. The molecule has 2 aliphatic heterocycles. The number of likely N-dealkylation sites (N-methyl/N-ethyl adjacent to an activating group) is 1. The van der Waals surface area contributed by atoms with Crippen molar-refractivity contribution < 1.29 is 38.1 Å². The second-order valence-electron chi connectivity index (χ2n) is 9.60. The van der Waals surface area contributed by atoms with Gasteiger partial charge in [0.25, 0.3) is 5.91 Å². The molecule has 2 aromatic rings. The fraction of sp³-hybridized carbons (Fsp3) is 0.483. The van der Waals surface area contributed by atoms with Crippen molar-refractivity contribution >= 4 is 17.8 Å². The number of carbonyl (C=O) groups excluding carboxylic acids is 3. The Kier molecular flexibility index (Phi) is 8.52. The van der Waals surface area contributed by atoms with Crippen LogP contribution in [0.1, 0.15) is 53.2 Å². The van der Waals surface area contributed by atoms with Crippen LogP contribution in [0, 0.1) is 5.92 Å². The van der Waals surface area contributed by atoms with Crippen LogP contribution >= 0.6 is 0 Å². The minimum absolute atomic E-state index is 0.134. The predicted octanol–water partition coefficient (Wildman–Crippen LogP) is 3.43. The van der Waals surface area contributed by atoms with Crippen molar-refractivity contribution in [2.24, 2.45) is 5.92 Å². The van der Waals surface area contributed by atoms with Gasteiger partial charge in [-0.15, -0.1) is 0 Å². The van der Waals surface area contributed by atoms with Crippen molar-refractivity contribution in [2.45, 2.75) is 31.7 Å². The van der Waals surface area contributed by atoms with Gasteiger partial charge in [-0.05, 0) is 55.2 Å². The van der Waals surface area contributed by atoms with E-state index in [0.717, 1.165) is 5.56 Å². The Morgan fingerprint density at radius 2 is 1.46 bits per heavy atom. The van der Waals surface area contributed by atoms with Gasteiger partial charge in [-0.1, -0.05) is 6.07 Å². The molecule has 2 aliphatic rings. The summed E-state index contributed by atoms with van der Waals surface area (Å²) in [7, 11) is 7.81. The Balaban J connectivity index is 1.80. The molecule has 0 saturated carbocycles. The quantitative estimate of drug-likeness (QED) is 0.469. The summed E-state index contributed by atoms with van der Waals surface area (Å²) in [5.74, 6) is 0.306. The summed E-state index contributed by atoms with van der Waals surface area (Å²) in [5.41, 5.74) is 1.67. The maximum absolute atomic E-state index is 14.3. The van der Waals surface area contributed by atoms with Crippen LogP contribution in [0.5, 0.6) is 23.0 Å². The highest BCUT2D eigenvalue weighted by atomic mass is 16.5. The molecule has 39 heavy (non-hydrogen) atoms. The van der Waals surface area contributed by atoms with Crippen molar-refractivity contribution in [1.82, 2.24) is 9.80 Å². The summed E-state index contributed by atoms with van der Waals surface area (Å²) < 4.78 is 27.1. The van der Waals surface area contributed by atoms with Gasteiger partial charge in [0, 0.05) is 25.7 Å². The van der Waals surface area contributed by atoms with Gasteiger partial charge >= 0.3 is 5.97 Å². The van der Waals surface area contributed by atoms with Crippen LogP contribution in [0.4, 0.5) is 0 Å². The Labute approximate surface area is 228 Å². The highest BCUT2D eigenvalue weighted by Crippen LogP contribution is 2.47. The predicted molar refractivity (Wildman–Crippen MR) is 143 cm³/mol. The maximum Gasteiger partial charge on any atom is 0.309 e. The molecule has 2 amide bonds. The SMILES string of the molecule is CCOC(=O)C1CCN(C(=O)[C@H]2c3cc(OC)c(OC)cc3C(=O)N(C)[C@H]2c2ccc(OC)c(OC)c2)CC1. The van der Waals surface area contributed by atoms with E-state index < -0.39 is 12.0 Å². The first-order chi connectivity index (χ1) is 18.8. The van der Waals surface area contributed by atoms with Crippen molar-refractivity contribution in [1.29, 1.82) is 0 Å². The third-order valence-corrected chi connectivity index (χ3v) is 7.62. The molecule has 0 aliphatic carbocycles. The van der Waals surface area contributed by atoms with Crippen molar-refractivity contribution in [3.8, 4) is 23.0 Å². The van der Waals surface area contributed by atoms with E-state index in [2.05, 4.69) is 0 Å². The van der Waals surface area contributed by atoms with E-state index in [9.17, 15) is 14.4 Å². The zero-order valence-corrected chi connectivity index (χ0v) is 23.3. The lowest BCUT2D eigenvalue weighted by molar-refractivity contribution is -0.151. The molecule has 210 valence electrons. The van der Waals surface area contributed by atoms with Crippen molar-refractivity contribution in [3.05, 3.63) is 47.0 Å². The summed E-state index contributed by atoms with van der Waals surface area (Å²) in [4.78, 5) is 43.6. The number of piperidine rings is 1. The fourth-order valence-electron chi connectivity index (χ4n) is 5.56. The standard InChI is InChI=1S/C29H36N2O8/c1-7-39-29(34)17-10-12-31(13-11-17)28(33)25-19-15-23(37-5)24(38-6)16-20(19)27(32)30(2)26(25)18-8-9-21(35-3)22(14-18)36-4/h8-9,14-17,25-26H,7,10-13H2,1-6H3/t25-,26-/m0/s1. The van der Waals surface area contributed by atoms with E-state index in [1.54, 1.807) is 62.3 Å². The van der Waals surface area contributed by atoms with Crippen molar-refractivity contribution in [3.63, 3.8) is 0 Å². The molecule has 0 bridgehead atoms. The van der Waals surface area contributed by atoms with Crippen molar-refractivity contribution in [2.75, 3.05) is 55.2 Å². The summed E-state index contributed by atoms with van der Waals surface area (Å²) in [6.07, 6.45) is 1.04. The van der Waals surface area contributed by atoms with Crippen LogP contribution in [-0.2, 0) is 14.3 Å². The number of nitrogens with zero attached hydrogens (tertiary/aromatic N) is 2. The lowest BCUT2D eigenvalue weighted by Gasteiger charge is -2.43. The molecule has 0 unspecified atom stereocenters. The minimum Gasteiger partial charge on any atom is -0.493 e. The molecule has 2 heterocycles. The summed E-state index contributed by atoms with van der Waals surface area (Å²) >= 11 is 0. The number of likely N-dealkylation sites (tertiary alicyclic amines) is 1. The lowest BCUT2D eigenvalue weighted by Crippen LogP contribution is -2.49. The van der Waals surface area contributed by atoms with Crippen LogP contribution in [0.25, 0.3) is 0 Å². The van der Waals surface area contributed by atoms with E-state index in [1.165, 1.54) is 14.2 Å². The number of hydrogen-bond acceptors (Lipinski definition) is 8. The molecule has 4 rings (SSSR count). The Morgan fingerprint density at radius 1 is 0.872 bits per heavy atom. The number of benzene rings is 2. The number of ether oxygens (including phenoxy) is 5. The Morgan fingerprint density at radius 3 is 2.05 bits per heavy atom. The van der Waals surface area contributed by atoms with Gasteiger partial charge in [0.05, 0.1) is 52.9 Å². The van der Waals surface area contributed by atoms with Crippen LogP contribution in [0.2, 0.25) is 0 Å². The first-order valence-electron chi connectivity index (χ1n) is 13.0. The highest BCUT2D eigenvalue weighted by Gasteiger charge is 2.46. The smallest absolute Gasteiger partial charge is 0.309 e. The van der Waals surface area contributed by atoms with Gasteiger partial charge in [-0.2, -0.15) is 0 Å². The third kappa shape index (κ3) is 5.20. The molecule has 2 atom stereocenters. The van der Waals surface area contributed by atoms with E-state index in [4.69, 9.17) is 23.7 Å². The van der Waals surface area contributed by atoms with Crippen LogP contribution < -0.4 is 18.9 Å². The molecule has 0 spiro atoms. The normalized spacial score (nSPS) is 19.3. The van der Waals surface area contributed by atoms with E-state index in [-0.39, 0.29) is 23.7 Å². The number of hydrogen-bond donors (Lipinski definition) is 0. The van der Waals surface area contributed by atoms with Gasteiger partial charge in [-0.25, -0.2) is 0 Å². The molecular formula is C29H36N2O8. The molecule has 1 fully saturated rings. The average Bonchev–Trinajstić information content (AvgIpc) is 2.97. The average molecular weight is 541 g/mol. The van der Waals surface area contributed by atoms with Gasteiger partial charge in [0.2, 0.25) is 5.91 Å². The monoisotopic (exact) mass is 540 g/mol. The number of fused-ring (bicyclic) bond motifs is 1. The van der Waals surface area contributed by atoms with Crippen LogP contribution in [0.15, 0.2) is 30.3 Å². The summed E-state index contributed by atoms with van der Waals surface area (Å²) in [5, 5.41) is 0. The molecular weight excluding hydrogens is 504 g/mol. The second-order valence-corrected chi connectivity index (χ2v) is 9.60.